The van der Waals surface area contributed by atoms with E-state index in [1.165, 1.54) is 11.3 Å². The highest BCUT2D eigenvalue weighted by Gasteiger charge is 2.31. The number of carbonyl (C=O) groups is 1. The molecule has 1 aromatic heterocycles. The van der Waals surface area contributed by atoms with Gasteiger partial charge in [0, 0.05) is 13.0 Å². The zero-order chi connectivity index (χ0) is 18.7. The van der Waals surface area contributed by atoms with Crippen molar-refractivity contribution in [3.05, 3.63) is 41.3 Å². The highest BCUT2D eigenvalue weighted by Crippen LogP contribution is 2.38. The molecule has 2 aromatic rings. The first-order chi connectivity index (χ1) is 12.4. The molecular formula is C18H21NO5S2. The van der Waals surface area contributed by atoms with Gasteiger partial charge in [-0.1, -0.05) is 26.0 Å². The largest absolute Gasteiger partial charge is 0.454 e. The zero-order valence-corrected chi connectivity index (χ0v) is 16.2. The predicted molar refractivity (Wildman–Crippen MR) is 99.3 cm³/mol. The maximum absolute atomic E-state index is 13.1. The highest BCUT2D eigenvalue weighted by molar-refractivity contribution is 7.93. The van der Waals surface area contributed by atoms with Crippen LogP contribution in [-0.4, -0.2) is 27.7 Å². The molecule has 140 valence electrons. The van der Waals surface area contributed by atoms with E-state index >= 15 is 0 Å². The number of nitrogens with one attached hydrogen (secondary N) is 1. The Kier molecular flexibility index (Phi) is 5.52. The van der Waals surface area contributed by atoms with Crippen LogP contribution in [0.15, 0.2) is 39.9 Å². The van der Waals surface area contributed by atoms with Gasteiger partial charge in [0.05, 0.1) is 0 Å². The van der Waals surface area contributed by atoms with Crippen molar-refractivity contribution in [1.29, 1.82) is 0 Å². The van der Waals surface area contributed by atoms with Gasteiger partial charge in [0.25, 0.3) is 0 Å². The standard InChI is InChI=1S/C18H21NO5S2/c1-12(2)8-17(20)19-10-16(26(21,22)18-4-3-7-25-18)13-5-6-14-15(9-13)24-11-23-14/h3-7,9,12,16H,8,10-11H2,1-2H3,(H,19,20)/t16-/m1/s1. The van der Waals surface area contributed by atoms with Crippen molar-refractivity contribution in [2.45, 2.75) is 29.7 Å². The van der Waals surface area contributed by atoms with Gasteiger partial charge >= 0.3 is 0 Å². The third-order valence-corrected chi connectivity index (χ3v) is 7.53. The number of thiophene rings is 1. The Morgan fingerprint density at radius 2 is 2.00 bits per heavy atom. The van der Waals surface area contributed by atoms with Gasteiger partial charge in [-0.3, -0.25) is 4.79 Å². The summed E-state index contributed by atoms with van der Waals surface area (Å²) in [7, 11) is -3.64. The second kappa shape index (κ2) is 7.67. The molecule has 0 aliphatic carbocycles. The van der Waals surface area contributed by atoms with Gasteiger partial charge in [0.1, 0.15) is 9.46 Å². The first kappa shape index (κ1) is 18.7. The van der Waals surface area contributed by atoms with Gasteiger partial charge in [-0.15, -0.1) is 11.3 Å². The Bertz CT molecular complexity index is 875. The summed E-state index contributed by atoms with van der Waals surface area (Å²) in [4.78, 5) is 12.0. The maximum Gasteiger partial charge on any atom is 0.231 e. The average Bonchev–Trinajstić information content (AvgIpc) is 3.25. The van der Waals surface area contributed by atoms with Crippen LogP contribution in [0.2, 0.25) is 0 Å². The van der Waals surface area contributed by atoms with Crippen LogP contribution in [0.1, 0.15) is 31.1 Å². The van der Waals surface area contributed by atoms with Crippen molar-refractivity contribution in [2.75, 3.05) is 13.3 Å². The summed E-state index contributed by atoms with van der Waals surface area (Å²) in [5.74, 6) is 1.15. The van der Waals surface area contributed by atoms with E-state index in [1.54, 1.807) is 35.7 Å². The minimum absolute atomic E-state index is 0.00539. The summed E-state index contributed by atoms with van der Waals surface area (Å²) in [6, 6.07) is 8.36. The molecule has 1 aliphatic heterocycles. The number of hydrogen-bond donors (Lipinski definition) is 1. The molecule has 1 aromatic carbocycles. The van der Waals surface area contributed by atoms with E-state index in [2.05, 4.69) is 5.32 Å². The van der Waals surface area contributed by atoms with E-state index in [4.69, 9.17) is 9.47 Å². The molecule has 0 saturated carbocycles. The fourth-order valence-electron chi connectivity index (χ4n) is 2.74. The molecule has 1 N–H and O–H groups in total. The number of sulfone groups is 1. The van der Waals surface area contributed by atoms with E-state index in [1.807, 2.05) is 13.8 Å². The van der Waals surface area contributed by atoms with Crippen LogP contribution in [0.5, 0.6) is 11.5 Å². The second-order valence-corrected chi connectivity index (χ2v) is 9.79. The molecule has 0 fully saturated rings. The van der Waals surface area contributed by atoms with Gasteiger partial charge in [-0.2, -0.15) is 0 Å². The maximum atomic E-state index is 13.1. The normalized spacial score (nSPS) is 14.4. The van der Waals surface area contributed by atoms with Gasteiger partial charge in [0.15, 0.2) is 21.3 Å². The molecule has 6 nitrogen and oxygen atoms in total. The van der Waals surface area contributed by atoms with Crippen molar-refractivity contribution in [3.8, 4) is 11.5 Å². The van der Waals surface area contributed by atoms with Crippen molar-refractivity contribution in [3.63, 3.8) is 0 Å². The number of carbonyl (C=O) groups excluding carboxylic acids is 1. The van der Waals surface area contributed by atoms with Crippen LogP contribution in [0.3, 0.4) is 0 Å². The molecule has 1 amide bonds. The zero-order valence-electron chi connectivity index (χ0n) is 14.6. The summed E-state index contributed by atoms with van der Waals surface area (Å²) in [6.07, 6.45) is 0.354. The smallest absolute Gasteiger partial charge is 0.231 e. The van der Waals surface area contributed by atoms with Crippen LogP contribution in [-0.2, 0) is 14.6 Å². The molecule has 1 aliphatic rings. The topological polar surface area (TPSA) is 81.7 Å². The molecule has 1 atom stereocenters. The van der Waals surface area contributed by atoms with Crippen LogP contribution >= 0.6 is 11.3 Å². The SMILES string of the molecule is CC(C)CC(=O)NC[C@H](c1ccc2c(c1)OCO2)S(=O)(=O)c1cccs1. The van der Waals surface area contributed by atoms with Gasteiger partial charge in [-0.25, -0.2) is 8.42 Å². The van der Waals surface area contributed by atoms with E-state index in [0.717, 1.165) is 0 Å². The van der Waals surface area contributed by atoms with Crippen LogP contribution < -0.4 is 14.8 Å². The third kappa shape index (κ3) is 4.02. The Balaban J connectivity index is 1.90. The molecule has 0 unspecified atom stereocenters. The minimum atomic E-state index is -3.64. The van der Waals surface area contributed by atoms with E-state index in [9.17, 15) is 13.2 Å². The number of amides is 1. The molecule has 0 saturated heterocycles. The van der Waals surface area contributed by atoms with Gasteiger partial charge < -0.3 is 14.8 Å². The molecule has 2 heterocycles. The molecular weight excluding hydrogens is 374 g/mol. The Morgan fingerprint density at radius 1 is 1.23 bits per heavy atom. The van der Waals surface area contributed by atoms with Crippen molar-refractivity contribution >= 4 is 27.1 Å². The predicted octanol–water partition coefficient (Wildman–Crippen LogP) is 3.15. The van der Waals surface area contributed by atoms with Gasteiger partial charge in [-0.05, 0) is 35.1 Å². The number of rotatable bonds is 7. The Hall–Kier alpha value is -2.06. The van der Waals surface area contributed by atoms with Gasteiger partial charge in [0.2, 0.25) is 12.7 Å². The van der Waals surface area contributed by atoms with E-state index in [-0.39, 0.29) is 29.4 Å². The van der Waals surface area contributed by atoms with Crippen molar-refractivity contribution in [2.24, 2.45) is 5.92 Å². The summed E-state index contributed by atoms with van der Waals surface area (Å²) in [5, 5.41) is 3.59. The lowest BCUT2D eigenvalue weighted by atomic mass is 10.1. The number of hydrogen-bond acceptors (Lipinski definition) is 6. The summed E-state index contributed by atoms with van der Waals surface area (Å²) < 4.78 is 37.2. The Morgan fingerprint density at radius 3 is 2.69 bits per heavy atom. The molecule has 8 heteroatoms. The van der Waals surface area contributed by atoms with Crippen LogP contribution in [0.4, 0.5) is 0 Å². The van der Waals surface area contributed by atoms with Crippen molar-refractivity contribution in [1.82, 2.24) is 5.32 Å². The monoisotopic (exact) mass is 395 g/mol. The molecule has 0 bridgehead atoms. The van der Waals surface area contributed by atoms with Crippen LogP contribution in [0.25, 0.3) is 0 Å². The molecule has 0 radical (unpaired) electrons. The van der Waals surface area contributed by atoms with E-state index < -0.39 is 15.1 Å². The summed E-state index contributed by atoms with van der Waals surface area (Å²) in [6.45, 7) is 4.01. The number of fused-ring (bicyclic) bond motifs is 1. The van der Waals surface area contributed by atoms with E-state index in [0.29, 0.717) is 23.5 Å². The minimum Gasteiger partial charge on any atom is -0.454 e. The Labute approximate surface area is 157 Å². The summed E-state index contributed by atoms with van der Waals surface area (Å²) >= 11 is 1.17. The lowest BCUT2D eigenvalue weighted by molar-refractivity contribution is -0.121. The molecule has 0 spiro atoms. The fraction of sp³-hybridized carbons (Fsp3) is 0.389. The lowest BCUT2D eigenvalue weighted by Gasteiger charge is -2.19. The number of benzene rings is 1. The molecule has 26 heavy (non-hydrogen) atoms. The lowest BCUT2D eigenvalue weighted by Crippen LogP contribution is -2.32. The molecule has 3 rings (SSSR count). The fourth-order valence-corrected chi connectivity index (χ4v) is 5.59. The number of ether oxygens (including phenoxy) is 2. The van der Waals surface area contributed by atoms with Crippen LogP contribution in [0, 0.1) is 5.92 Å². The summed E-state index contributed by atoms with van der Waals surface area (Å²) in [5.41, 5.74) is 0.562. The quantitative estimate of drug-likeness (QED) is 0.779. The second-order valence-electron chi connectivity index (χ2n) is 6.48. The third-order valence-electron chi connectivity index (χ3n) is 4.00. The first-order valence-electron chi connectivity index (χ1n) is 8.31. The van der Waals surface area contributed by atoms with Crippen molar-refractivity contribution < 1.29 is 22.7 Å². The first-order valence-corrected chi connectivity index (χ1v) is 10.7. The highest BCUT2D eigenvalue weighted by atomic mass is 32.2. The average molecular weight is 396 g/mol.